The van der Waals surface area contributed by atoms with Crippen molar-refractivity contribution in [3.05, 3.63) is 53.7 Å². The molecule has 3 N–H and O–H groups in total. The minimum Gasteiger partial charge on any atom is -0.480 e. The van der Waals surface area contributed by atoms with E-state index < -0.39 is 5.91 Å². The molecule has 3 amide bonds. The van der Waals surface area contributed by atoms with Gasteiger partial charge in [0.25, 0.3) is 5.91 Å². The Morgan fingerprint density at radius 3 is 2.76 bits per heavy atom. The number of carbonyl (C=O) groups is 2. The van der Waals surface area contributed by atoms with Gasteiger partial charge in [-0.3, -0.25) is 4.79 Å². The maximum absolute atomic E-state index is 12.5. The molecule has 2 aromatic rings. The van der Waals surface area contributed by atoms with Gasteiger partial charge in [0.05, 0.1) is 19.0 Å². The van der Waals surface area contributed by atoms with Gasteiger partial charge >= 0.3 is 6.03 Å². The fourth-order valence-electron chi connectivity index (χ4n) is 3.00. The van der Waals surface area contributed by atoms with Gasteiger partial charge in [-0.1, -0.05) is 30.3 Å². The van der Waals surface area contributed by atoms with Crippen molar-refractivity contribution < 1.29 is 14.3 Å². The summed E-state index contributed by atoms with van der Waals surface area (Å²) in [6, 6.07) is 11.4. The quantitative estimate of drug-likeness (QED) is 0.891. The van der Waals surface area contributed by atoms with Crippen molar-refractivity contribution in [2.75, 3.05) is 25.5 Å². The third-order valence-corrected chi connectivity index (χ3v) is 4.31. The van der Waals surface area contributed by atoms with Gasteiger partial charge in [0.15, 0.2) is 0 Å². The Balaban J connectivity index is 1.67. The molecule has 130 valence electrons. The number of nitrogens with one attached hydrogen (secondary N) is 1. The van der Waals surface area contributed by atoms with Crippen LogP contribution >= 0.6 is 0 Å². The molecule has 1 aliphatic rings. The Bertz CT molecular complexity index is 779. The number of nitrogens with two attached hydrogens (primary N) is 1. The monoisotopic (exact) mass is 340 g/mol. The molecule has 7 nitrogen and oxygen atoms in total. The molecule has 0 spiro atoms. The normalized spacial score (nSPS) is 16.5. The van der Waals surface area contributed by atoms with Crippen LogP contribution in [0.25, 0.3) is 0 Å². The van der Waals surface area contributed by atoms with Crippen LogP contribution < -0.4 is 15.8 Å². The number of pyridine rings is 1. The molecular weight excluding hydrogens is 320 g/mol. The summed E-state index contributed by atoms with van der Waals surface area (Å²) in [5, 5.41) is 2.76. The number of primary amides is 1. The van der Waals surface area contributed by atoms with E-state index in [0.717, 1.165) is 6.42 Å². The topological polar surface area (TPSA) is 97.6 Å². The van der Waals surface area contributed by atoms with Gasteiger partial charge in [-0.15, -0.1) is 0 Å². The molecule has 0 radical (unpaired) electrons. The highest BCUT2D eigenvalue weighted by atomic mass is 16.5. The van der Waals surface area contributed by atoms with E-state index in [4.69, 9.17) is 10.5 Å². The standard InChI is InChI=1S/C18H20N4O3/c1-25-17-15(16(19)23)9-14(10-20-17)21-18(24)22-8-7-13(11-22)12-5-3-2-4-6-12/h2-6,9-10,13H,7-8,11H2,1H3,(H2,19,23)(H,21,24). The Hall–Kier alpha value is -3.09. The minimum atomic E-state index is -0.661. The average molecular weight is 340 g/mol. The lowest BCUT2D eigenvalue weighted by Crippen LogP contribution is -2.33. The number of urea groups is 1. The van der Waals surface area contributed by atoms with Gasteiger partial charge in [-0.05, 0) is 18.1 Å². The fraction of sp³-hybridized carbons (Fsp3) is 0.278. The number of likely N-dealkylation sites (tertiary alicyclic amines) is 1. The summed E-state index contributed by atoms with van der Waals surface area (Å²) in [5.41, 5.74) is 7.08. The first-order valence-electron chi connectivity index (χ1n) is 8.03. The van der Waals surface area contributed by atoms with Crippen LogP contribution in [0, 0.1) is 0 Å². The van der Waals surface area contributed by atoms with E-state index in [1.807, 2.05) is 18.2 Å². The molecule has 25 heavy (non-hydrogen) atoms. The third kappa shape index (κ3) is 3.71. The second kappa shape index (κ2) is 7.21. The molecule has 1 fully saturated rings. The minimum absolute atomic E-state index is 0.129. The molecule has 7 heteroatoms. The smallest absolute Gasteiger partial charge is 0.321 e. The SMILES string of the molecule is COc1ncc(NC(=O)N2CCC(c3ccccc3)C2)cc1C(N)=O. The number of hydrogen-bond donors (Lipinski definition) is 2. The molecule has 0 bridgehead atoms. The molecule has 1 aliphatic heterocycles. The molecule has 0 saturated carbocycles. The van der Waals surface area contributed by atoms with Crippen molar-refractivity contribution in [3.63, 3.8) is 0 Å². The number of hydrogen-bond acceptors (Lipinski definition) is 4. The molecule has 1 aromatic heterocycles. The van der Waals surface area contributed by atoms with E-state index >= 15 is 0 Å². The summed E-state index contributed by atoms with van der Waals surface area (Å²) in [7, 11) is 1.40. The predicted molar refractivity (Wildman–Crippen MR) is 93.7 cm³/mol. The van der Waals surface area contributed by atoms with E-state index in [2.05, 4.69) is 22.4 Å². The van der Waals surface area contributed by atoms with Gasteiger partial charge in [-0.2, -0.15) is 0 Å². The number of anilines is 1. The van der Waals surface area contributed by atoms with Crippen LogP contribution in [0.1, 0.15) is 28.3 Å². The van der Waals surface area contributed by atoms with E-state index in [1.165, 1.54) is 24.9 Å². The van der Waals surface area contributed by atoms with Crippen molar-refractivity contribution in [2.45, 2.75) is 12.3 Å². The lowest BCUT2D eigenvalue weighted by molar-refractivity contribution is 0.0996. The van der Waals surface area contributed by atoms with Gasteiger partial charge < -0.3 is 20.7 Å². The zero-order valence-corrected chi connectivity index (χ0v) is 13.9. The summed E-state index contributed by atoms with van der Waals surface area (Å²) >= 11 is 0. The second-order valence-corrected chi connectivity index (χ2v) is 5.92. The second-order valence-electron chi connectivity index (χ2n) is 5.92. The van der Waals surface area contributed by atoms with Crippen molar-refractivity contribution in [1.29, 1.82) is 0 Å². The first kappa shape index (κ1) is 16.8. The van der Waals surface area contributed by atoms with Gasteiger partial charge in [0.2, 0.25) is 5.88 Å². The Kier molecular flexibility index (Phi) is 4.83. The third-order valence-electron chi connectivity index (χ3n) is 4.31. The lowest BCUT2D eigenvalue weighted by atomic mass is 9.99. The number of methoxy groups -OCH3 is 1. The molecule has 3 rings (SSSR count). The highest BCUT2D eigenvalue weighted by Gasteiger charge is 2.27. The summed E-state index contributed by atoms with van der Waals surface area (Å²) in [4.78, 5) is 29.7. The van der Waals surface area contributed by atoms with Gasteiger partial charge in [-0.25, -0.2) is 9.78 Å². The lowest BCUT2D eigenvalue weighted by Gasteiger charge is -2.18. The zero-order chi connectivity index (χ0) is 17.8. The first-order chi connectivity index (χ1) is 12.1. The largest absolute Gasteiger partial charge is 0.480 e. The maximum atomic E-state index is 12.5. The zero-order valence-electron chi connectivity index (χ0n) is 13.9. The molecule has 1 atom stereocenters. The maximum Gasteiger partial charge on any atom is 0.321 e. The first-order valence-corrected chi connectivity index (χ1v) is 8.03. The molecule has 0 aliphatic carbocycles. The number of benzene rings is 1. The van der Waals surface area contributed by atoms with Crippen LogP contribution in [-0.2, 0) is 0 Å². The van der Waals surface area contributed by atoms with Crippen LogP contribution in [0.15, 0.2) is 42.6 Å². The number of carbonyl (C=O) groups excluding carboxylic acids is 2. The number of amides is 3. The van der Waals surface area contributed by atoms with Crippen LogP contribution in [0.5, 0.6) is 5.88 Å². The van der Waals surface area contributed by atoms with Gasteiger partial charge in [0, 0.05) is 19.0 Å². The van der Waals surface area contributed by atoms with Crippen LogP contribution in [0.4, 0.5) is 10.5 Å². The van der Waals surface area contributed by atoms with Crippen LogP contribution in [-0.4, -0.2) is 42.0 Å². The van der Waals surface area contributed by atoms with E-state index in [0.29, 0.717) is 24.7 Å². The molecule has 1 unspecified atom stereocenters. The average Bonchev–Trinajstić information content (AvgIpc) is 3.12. The van der Waals surface area contributed by atoms with Crippen molar-refractivity contribution in [2.24, 2.45) is 5.73 Å². The molecule has 2 heterocycles. The Morgan fingerprint density at radius 1 is 1.32 bits per heavy atom. The summed E-state index contributed by atoms with van der Waals surface area (Å²) in [6.07, 6.45) is 2.36. The number of ether oxygens (including phenoxy) is 1. The van der Waals surface area contributed by atoms with E-state index in [1.54, 1.807) is 4.90 Å². The van der Waals surface area contributed by atoms with Crippen molar-refractivity contribution in [3.8, 4) is 5.88 Å². The molecule has 1 saturated heterocycles. The fourth-order valence-corrected chi connectivity index (χ4v) is 3.00. The molecule has 1 aromatic carbocycles. The summed E-state index contributed by atoms with van der Waals surface area (Å²) < 4.78 is 4.99. The Labute approximate surface area is 145 Å². The van der Waals surface area contributed by atoms with Crippen molar-refractivity contribution in [1.82, 2.24) is 9.88 Å². The van der Waals surface area contributed by atoms with E-state index in [-0.39, 0.29) is 17.5 Å². The molecular formula is C18H20N4O3. The predicted octanol–water partition coefficient (Wildman–Crippen LogP) is 2.21. The van der Waals surface area contributed by atoms with Crippen LogP contribution in [0.3, 0.4) is 0 Å². The Morgan fingerprint density at radius 2 is 2.08 bits per heavy atom. The summed E-state index contributed by atoms with van der Waals surface area (Å²) in [5.74, 6) is -0.191. The van der Waals surface area contributed by atoms with Crippen LogP contribution in [0.2, 0.25) is 0 Å². The number of aromatic nitrogens is 1. The number of rotatable bonds is 4. The summed E-state index contributed by atoms with van der Waals surface area (Å²) in [6.45, 7) is 1.33. The van der Waals surface area contributed by atoms with Crippen molar-refractivity contribution >= 4 is 17.6 Å². The highest BCUT2D eigenvalue weighted by Crippen LogP contribution is 2.27. The van der Waals surface area contributed by atoms with E-state index in [9.17, 15) is 9.59 Å². The highest BCUT2D eigenvalue weighted by molar-refractivity contribution is 5.97. The van der Waals surface area contributed by atoms with Gasteiger partial charge in [0.1, 0.15) is 5.56 Å². The number of nitrogens with zero attached hydrogens (tertiary/aromatic N) is 2.